The van der Waals surface area contributed by atoms with E-state index in [2.05, 4.69) is 16.6 Å². The van der Waals surface area contributed by atoms with Crippen LogP contribution in [-0.2, 0) is 17.8 Å². The Hall–Kier alpha value is -2.05. The van der Waals surface area contributed by atoms with Gasteiger partial charge in [0, 0.05) is 11.3 Å². The second-order valence-electron chi connectivity index (χ2n) is 4.40. The monoisotopic (exact) mass is 306 g/mol. The summed E-state index contributed by atoms with van der Waals surface area (Å²) in [5, 5.41) is 13.8. The normalized spacial score (nSPS) is 11.6. The van der Waals surface area contributed by atoms with E-state index in [9.17, 15) is 0 Å². The predicted octanol–water partition coefficient (Wildman–Crippen LogP) is 2.61. The van der Waals surface area contributed by atoms with Crippen molar-refractivity contribution in [1.82, 2.24) is 0 Å². The molecule has 2 aromatic rings. The molecule has 0 saturated carbocycles. The van der Waals surface area contributed by atoms with Crippen molar-refractivity contribution in [2.75, 3.05) is 13.7 Å². The van der Waals surface area contributed by atoms with Gasteiger partial charge in [0.05, 0.1) is 25.9 Å². The highest BCUT2D eigenvalue weighted by Crippen LogP contribution is 2.20. The molecule has 0 unspecified atom stereocenters. The topological polar surface area (TPSA) is 77.1 Å². The van der Waals surface area contributed by atoms with Crippen LogP contribution in [0.15, 0.2) is 40.9 Å². The smallest absolute Gasteiger partial charge is 0.173 e. The van der Waals surface area contributed by atoms with Crippen LogP contribution in [0.4, 0.5) is 0 Å². The number of methoxy groups -OCH3 is 1. The molecule has 0 radical (unpaired) electrons. The van der Waals surface area contributed by atoms with Crippen molar-refractivity contribution in [3.8, 4) is 5.75 Å². The van der Waals surface area contributed by atoms with Gasteiger partial charge in [-0.25, -0.2) is 0 Å². The van der Waals surface area contributed by atoms with Crippen LogP contribution in [0.3, 0.4) is 0 Å². The summed E-state index contributed by atoms with van der Waals surface area (Å²) in [4.78, 5) is 1.31. The molecular weight excluding hydrogens is 288 g/mol. The third-order valence-corrected chi connectivity index (χ3v) is 3.93. The highest BCUT2D eigenvalue weighted by molar-refractivity contribution is 7.09. The van der Waals surface area contributed by atoms with Crippen molar-refractivity contribution >= 4 is 17.2 Å². The van der Waals surface area contributed by atoms with Gasteiger partial charge >= 0.3 is 0 Å². The molecule has 0 saturated heterocycles. The molecule has 112 valence electrons. The fourth-order valence-corrected chi connectivity index (χ4v) is 2.60. The predicted molar refractivity (Wildman–Crippen MR) is 83.2 cm³/mol. The Morgan fingerprint density at radius 2 is 2.24 bits per heavy atom. The summed E-state index contributed by atoms with van der Waals surface area (Å²) in [5.41, 5.74) is 7.12. The first-order valence-corrected chi connectivity index (χ1v) is 7.37. The highest BCUT2D eigenvalue weighted by Gasteiger charge is 2.08. The molecule has 0 atom stereocenters. The minimum Gasteiger partial charge on any atom is -0.496 e. The number of ether oxygens (including phenoxy) is 2. The van der Waals surface area contributed by atoms with Crippen LogP contribution in [0.2, 0.25) is 0 Å². The lowest BCUT2D eigenvalue weighted by molar-refractivity contribution is 0.124. The Morgan fingerprint density at radius 3 is 2.90 bits per heavy atom. The van der Waals surface area contributed by atoms with Crippen molar-refractivity contribution in [1.29, 1.82) is 0 Å². The van der Waals surface area contributed by atoms with E-state index in [1.165, 1.54) is 4.88 Å². The SMILES string of the molecule is COc1cc(COCCc2cccs2)ccc1/C(N)=N/O. The maximum absolute atomic E-state index is 8.72. The first-order chi connectivity index (χ1) is 10.2. The van der Waals surface area contributed by atoms with Crippen molar-refractivity contribution in [2.24, 2.45) is 10.9 Å². The molecular formula is C15H18N2O3S. The lowest BCUT2D eigenvalue weighted by atomic mass is 10.1. The van der Waals surface area contributed by atoms with Gasteiger partial charge in [-0.2, -0.15) is 0 Å². The van der Waals surface area contributed by atoms with E-state index in [1.54, 1.807) is 24.5 Å². The number of nitrogens with zero attached hydrogens (tertiary/aromatic N) is 1. The first-order valence-electron chi connectivity index (χ1n) is 6.49. The number of hydrogen-bond acceptors (Lipinski definition) is 5. The van der Waals surface area contributed by atoms with Crippen LogP contribution in [0.5, 0.6) is 5.75 Å². The van der Waals surface area contributed by atoms with E-state index in [-0.39, 0.29) is 5.84 Å². The third kappa shape index (κ3) is 4.21. The molecule has 0 aliphatic rings. The fourth-order valence-electron chi connectivity index (χ4n) is 1.91. The zero-order chi connectivity index (χ0) is 15.1. The minimum atomic E-state index is 0.0250. The van der Waals surface area contributed by atoms with Crippen LogP contribution in [0.25, 0.3) is 0 Å². The Morgan fingerprint density at radius 1 is 1.38 bits per heavy atom. The molecule has 3 N–H and O–H groups in total. The summed E-state index contributed by atoms with van der Waals surface area (Å²) in [6, 6.07) is 9.60. The second-order valence-corrected chi connectivity index (χ2v) is 5.43. The molecule has 6 heteroatoms. The van der Waals surface area contributed by atoms with E-state index in [1.807, 2.05) is 18.2 Å². The fraction of sp³-hybridized carbons (Fsp3) is 0.267. The third-order valence-electron chi connectivity index (χ3n) is 2.99. The van der Waals surface area contributed by atoms with E-state index in [0.717, 1.165) is 12.0 Å². The van der Waals surface area contributed by atoms with Crippen LogP contribution < -0.4 is 10.5 Å². The summed E-state index contributed by atoms with van der Waals surface area (Å²) < 4.78 is 10.9. The Bertz CT molecular complexity index is 597. The van der Waals surface area contributed by atoms with Crippen LogP contribution in [0.1, 0.15) is 16.0 Å². The molecule has 2 rings (SSSR count). The molecule has 1 aromatic heterocycles. The maximum Gasteiger partial charge on any atom is 0.173 e. The van der Waals surface area contributed by atoms with Gasteiger partial charge in [-0.3, -0.25) is 0 Å². The molecule has 0 aliphatic heterocycles. The Balaban J connectivity index is 1.91. The summed E-state index contributed by atoms with van der Waals surface area (Å²) in [6.45, 7) is 1.17. The summed E-state index contributed by atoms with van der Waals surface area (Å²) in [5.74, 6) is 0.585. The number of rotatable bonds is 7. The molecule has 0 fully saturated rings. The van der Waals surface area contributed by atoms with Gasteiger partial charge in [0.25, 0.3) is 0 Å². The molecule has 1 aromatic carbocycles. The number of amidine groups is 1. The molecule has 0 aliphatic carbocycles. The van der Waals surface area contributed by atoms with Crippen molar-refractivity contribution in [3.05, 3.63) is 51.7 Å². The maximum atomic E-state index is 8.72. The number of hydrogen-bond donors (Lipinski definition) is 2. The highest BCUT2D eigenvalue weighted by atomic mass is 32.1. The van der Waals surface area contributed by atoms with E-state index in [4.69, 9.17) is 20.4 Å². The number of benzene rings is 1. The zero-order valence-corrected chi connectivity index (χ0v) is 12.6. The summed E-state index contributed by atoms with van der Waals surface area (Å²) >= 11 is 1.73. The zero-order valence-electron chi connectivity index (χ0n) is 11.8. The average Bonchev–Trinajstić information content (AvgIpc) is 3.04. The summed E-state index contributed by atoms with van der Waals surface area (Å²) in [6.07, 6.45) is 0.914. The van der Waals surface area contributed by atoms with Crippen LogP contribution in [-0.4, -0.2) is 24.8 Å². The van der Waals surface area contributed by atoms with Gasteiger partial charge in [0.2, 0.25) is 0 Å². The lowest BCUT2D eigenvalue weighted by Crippen LogP contribution is -2.14. The second kappa shape index (κ2) is 7.66. The lowest BCUT2D eigenvalue weighted by Gasteiger charge is -2.10. The van der Waals surface area contributed by atoms with Gasteiger partial charge < -0.3 is 20.4 Å². The van der Waals surface area contributed by atoms with Crippen molar-refractivity contribution in [3.63, 3.8) is 0 Å². The average molecular weight is 306 g/mol. The molecule has 5 nitrogen and oxygen atoms in total. The molecule has 0 spiro atoms. The Labute approximate surface area is 127 Å². The van der Waals surface area contributed by atoms with Gasteiger partial charge in [0.15, 0.2) is 5.84 Å². The molecule has 21 heavy (non-hydrogen) atoms. The van der Waals surface area contributed by atoms with E-state index in [0.29, 0.717) is 24.5 Å². The van der Waals surface area contributed by atoms with Crippen LogP contribution in [0, 0.1) is 0 Å². The van der Waals surface area contributed by atoms with E-state index < -0.39 is 0 Å². The quantitative estimate of drug-likeness (QED) is 0.271. The van der Waals surface area contributed by atoms with Gasteiger partial charge in [-0.15, -0.1) is 11.3 Å². The minimum absolute atomic E-state index is 0.0250. The van der Waals surface area contributed by atoms with E-state index >= 15 is 0 Å². The van der Waals surface area contributed by atoms with Crippen LogP contribution >= 0.6 is 11.3 Å². The standard InChI is InChI=1S/C15H18N2O3S/c1-19-14-9-11(4-5-13(14)15(16)17-18)10-20-7-6-12-3-2-8-21-12/h2-5,8-9,18H,6-7,10H2,1H3,(H2,16,17). The first kappa shape index (κ1) is 15.3. The van der Waals surface area contributed by atoms with Gasteiger partial charge in [-0.05, 0) is 29.1 Å². The van der Waals surface area contributed by atoms with Gasteiger partial charge in [-0.1, -0.05) is 17.3 Å². The van der Waals surface area contributed by atoms with Crippen molar-refractivity contribution in [2.45, 2.75) is 13.0 Å². The summed E-state index contributed by atoms with van der Waals surface area (Å²) in [7, 11) is 1.55. The number of thiophene rings is 1. The molecule has 0 amide bonds. The number of nitrogens with two attached hydrogens (primary N) is 1. The largest absolute Gasteiger partial charge is 0.496 e. The van der Waals surface area contributed by atoms with Crippen molar-refractivity contribution < 1.29 is 14.7 Å². The Kier molecular flexibility index (Phi) is 5.59. The molecule has 1 heterocycles. The van der Waals surface area contributed by atoms with Gasteiger partial charge in [0.1, 0.15) is 5.75 Å². The molecule has 0 bridgehead atoms. The number of oxime groups is 1.